The van der Waals surface area contributed by atoms with Crippen LogP contribution in [0.2, 0.25) is 0 Å². The van der Waals surface area contributed by atoms with E-state index < -0.39 is 16.1 Å². The molecule has 0 spiro atoms. The number of benzene rings is 1. The first-order chi connectivity index (χ1) is 7.43. The molecule has 6 heteroatoms. The first-order valence-electron chi connectivity index (χ1n) is 4.88. The van der Waals surface area contributed by atoms with Crippen LogP contribution >= 0.6 is 0 Å². The summed E-state index contributed by atoms with van der Waals surface area (Å²) in [6, 6.07) is 6.16. The Labute approximate surface area is 95.3 Å². The Morgan fingerprint density at radius 3 is 2.44 bits per heavy atom. The molecule has 0 aliphatic carbocycles. The molecule has 0 radical (unpaired) electrons. The number of nitrogen functional groups attached to an aromatic ring is 1. The molecule has 0 bridgehead atoms. The van der Waals surface area contributed by atoms with Crippen molar-refractivity contribution in [3.8, 4) is 0 Å². The third-order valence-electron chi connectivity index (χ3n) is 1.99. The Hall–Kier alpha value is -1.11. The molecule has 90 valence electrons. The van der Waals surface area contributed by atoms with Gasteiger partial charge in [-0.05, 0) is 24.6 Å². The van der Waals surface area contributed by atoms with Crippen molar-refractivity contribution in [3.63, 3.8) is 0 Å². The van der Waals surface area contributed by atoms with Gasteiger partial charge in [0.15, 0.2) is 0 Å². The Kier molecular flexibility index (Phi) is 4.28. The Morgan fingerprint density at radius 2 is 1.94 bits per heavy atom. The molecule has 5 nitrogen and oxygen atoms in total. The van der Waals surface area contributed by atoms with Gasteiger partial charge in [-0.3, -0.25) is 0 Å². The van der Waals surface area contributed by atoms with E-state index in [-0.39, 0.29) is 12.4 Å². The molecule has 0 saturated heterocycles. The molecule has 0 unspecified atom stereocenters. The van der Waals surface area contributed by atoms with Crippen LogP contribution in [-0.2, 0) is 15.8 Å². The van der Waals surface area contributed by atoms with Gasteiger partial charge in [0, 0.05) is 11.7 Å². The molecule has 0 fully saturated rings. The highest BCUT2D eigenvalue weighted by Gasteiger charge is 2.14. The Bertz CT molecular complexity index is 428. The maximum Gasteiger partial charge on any atom is 0.216 e. The highest BCUT2D eigenvalue weighted by atomic mass is 32.2. The monoisotopic (exact) mass is 244 g/mol. The van der Waals surface area contributed by atoms with E-state index in [0.29, 0.717) is 11.3 Å². The van der Waals surface area contributed by atoms with Gasteiger partial charge in [-0.15, -0.1) is 0 Å². The Morgan fingerprint density at radius 1 is 1.38 bits per heavy atom. The molecule has 16 heavy (non-hydrogen) atoms. The molecule has 0 saturated carbocycles. The predicted octanol–water partition coefficient (Wildman–Crippen LogP) is 0.0690. The van der Waals surface area contributed by atoms with Crippen LogP contribution in [0.25, 0.3) is 0 Å². The number of hydrogen-bond donors (Lipinski definition) is 3. The van der Waals surface area contributed by atoms with Gasteiger partial charge in [0.1, 0.15) is 0 Å². The molecule has 0 aliphatic heterocycles. The number of rotatable bonds is 5. The highest BCUT2D eigenvalue weighted by Crippen LogP contribution is 2.08. The lowest BCUT2D eigenvalue weighted by Crippen LogP contribution is -2.35. The molecular formula is C10H16N2O3S. The maximum atomic E-state index is 11.6. The average molecular weight is 244 g/mol. The van der Waals surface area contributed by atoms with E-state index in [9.17, 15) is 8.42 Å². The van der Waals surface area contributed by atoms with Crippen LogP contribution in [0.3, 0.4) is 0 Å². The summed E-state index contributed by atoms with van der Waals surface area (Å²) in [4.78, 5) is 0. The zero-order valence-electron chi connectivity index (χ0n) is 9.05. The fraction of sp³-hybridized carbons (Fsp3) is 0.400. The molecule has 1 rings (SSSR count). The minimum absolute atomic E-state index is 0.113. The van der Waals surface area contributed by atoms with Gasteiger partial charge in [-0.25, -0.2) is 13.1 Å². The van der Waals surface area contributed by atoms with Crippen molar-refractivity contribution in [2.24, 2.45) is 0 Å². The van der Waals surface area contributed by atoms with Crippen molar-refractivity contribution >= 4 is 15.7 Å². The summed E-state index contributed by atoms with van der Waals surface area (Å²) < 4.78 is 25.6. The summed E-state index contributed by atoms with van der Waals surface area (Å²) in [6.07, 6.45) is 0. The maximum absolute atomic E-state index is 11.6. The number of anilines is 1. The largest absolute Gasteiger partial charge is 0.399 e. The third-order valence-corrected chi connectivity index (χ3v) is 3.47. The number of nitrogens with two attached hydrogens (primary N) is 1. The van der Waals surface area contributed by atoms with Gasteiger partial charge in [0.05, 0.1) is 12.4 Å². The van der Waals surface area contributed by atoms with E-state index in [1.807, 2.05) is 0 Å². The number of aliphatic hydroxyl groups excluding tert-OH is 1. The summed E-state index contributed by atoms with van der Waals surface area (Å²) in [5.41, 5.74) is 6.75. The number of nitrogens with one attached hydrogen (secondary N) is 1. The average Bonchev–Trinajstić information content (AvgIpc) is 2.20. The second-order valence-corrected chi connectivity index (χ2v) is 5.46. The van der Waals surface area contributed by atoms with E-state index >= 15 is 0 Å². The molecule has 0 amide bonds. The van der Waals surface area contributed by atoms with Crippen molar-refractivity contribution < 1.29 is 13.5 Å². The number of hydrogen-bond acceptors (Lipinski definition) is 4. The molecule has 0 heterocycles. The van der Waals surface area contributed by atoms with Crippen molar-refractivity contribution in [3.05, 3.63) is 29.8 Å². The SMILES string of the molecule is C[C@@H](CO)NS(=O)(=O)Cc1ccc(N)cc1. The first-order valence-corrected chi connectivity index (χ1v) is 6.53. The highest BCUT2D eigenvalue weighted by molar-refractivity contribution is 7.88. The van der Waals surface area contributed by atoms with Gasteiger partial charge < -0.3 is 10.8 Å². The summed E-state index contributed by atoms with van der Waals surface area (Å²) in [5, 5.41) is 8.76. The van der Waals surface area contributed by atoms with Crippen LogP contribution in [0.4, 0.5) is 5.69 Å². The minimum atomic E-state index is -3.41. The van der Waals surface area contributed by atoms with Crippen LogP contribution in [-0.4, -0.2) is 26.2 Å². The molecular weight excluding hydrogens is 228 g/mol. The normalized spacial score (nSPS) is 13.6. The first kappa shape index (κ1) is 13.0. The standard InChI is InChI=1S/C10H16N2O3S/c1-8(6-13)12-16(14,15)7-9-2-4-10(11)5-3-9/h2-5,8,12-13H,6-7,11H2,1H3/t8-/m0/s1. The van der Waals surface area contributed by atoms with Gasteiger partial charge in [-0.1, -0.05) is 12.1 Å². The fourth-order valence-corrected chi connectivity index (χ4v) is 2.62. The number of sulfonamides is 1. The Balaban J connectivity index is 2.69. The molecule has 4 N–H and O–H groups in total. The van der Waals surface area contributed by atoms with Crippen molar-refractivity contribution in [2.45, 2.75) is 18.7 Å². The summed E-state index contributed by atoms with van der Waals surface area (Å²) in [6.45, 7) is 1.38. The molecule has 0 aromatic heterocycles. The van der Waals surface area contributed by atoms with Gasteiger partial charge in [0.25, 0.3) is 0 Å². The van der Waals surface area contributed by atoms with Gasteiger partial charge in [0.2, 0.25) is 10.0 Å². The smallest absolute Gasteiger partial charge is 0.216 e. The van der Waals surface area contributed by atoms with E-state index in [4.69, 9.17) is 10.8 Å². The molecule has 0 aliphatic rings. The second kappa shape index (κ2) is 5.29. The lowest BCUT2D eigenvalue weighted by molar-refractivity contribution is 0.265. The van der Waals surface area contributed by atoms with E-state index in [1.165, 1.54) is 0 Å². The molecule has 1 aromatic rings. The lowest BCUT2D eigenvalue weighted by atomic mass is 10.2. The van der Waals surface area contributed by atoms with Crippen LogP contribution < -0.4 is 10.5 Å². The van der Waals surface area contributed by atoms with E-state index in [0.717, 1.165) is 0 Å². The number of aliphatic hydroxyl groups is 1. The van der Waals surface area contributed by atoms with Gasteiger partial charge >= 0.3 is 0 Å². The molecule has 1 aromatic carbocycles. The van der Waals surface area contributed by atoms with Crippen LogP contribution in [0.15, 0.2) is 24.3 Å². The van der Waals surface area contributed by atoms with E-state index in [2.05, 4.69) is 4.72 Å². The summed E-state index contributed by atoms with van der Waals surface area (Å²) in [5.74, 6) is -0.113. The summed E-state index contributed by atoms with van der Waals surface area (Å²) in [7, 11) is -3.41. The second-order valence-electron chi connectivity index (χ2n) is 3.70. The van der Waals surface area contributed by atoms with Crippen molar-refractivity contribution in [1.82, 2.24) is 4.72 Å². The van der Waals surface area contributed by atoms with E-state index in [1.54, 1.807) is 31.2 Å². The van der Waals surface area contributed by atoms with Gasteiger partial charge in [-0.2, -0.15) is 0 Å². The third kappa shape index (κ3) is 4.18. The predicted molar refractivity (Wildman–Crippen MR) is 63.2 cm³/mol. The zero-order chi connectivity index (χ0) is 12.2. The topological polar surface area (TPSA) is 92.4 Å². The van der Waals surface area contributed by atoms with Crippen LogP contribution in [0, 0.1) is 0 Å². The van der Waals surface area contributed by atoms with Crippen molar-refractivity contribution in [1.29, 1.82) is 0 Å². The minimum Gasteiger partial charge on any atom is -0.399 e. The zero-order valence-corrected chi connectivity index (χ0v) is 9.87. The van der Waals surface area contributed by atoms with Crippen molar-refractivity contribution in [2.75, 3.05) is 12.3 Å². The molecule has 1 atom stereocenters. The quantitative estimate of drug-likeness (QED) is 0.639. The van der Waals surface area contributed by atoms with Crippen LogP contribution in [0.5, 0.6) is 0 Å². The fourth-order valence-electron chi connectivity index (χ4n) is 1.22. The summed E-state index contributed by atoms with van der Waals surface area (Å²) >= 11 is 0. The lowest BCUT2D eigenvalue weighted by Gasteiger charge is -2.11. The van der Waals surface area contributed by atoms with Crippen LogP contribution in [0.1, 0.15) is 12.5 Å².